The number of halogens is 1. The predicted molar refractivity (Wildman–Crippen MR) is 88.6 cm³/mol. The van der Waals surface area contributed by atoms with E-state index in [9.17, 15) is 8.42 Å². The lowest BCUT2D eigenvalue weighted by molar-refractivity contribution is 0.414. The van der Waals surface area contributed by atoms with Gasteiger partial charge in [0, 0.05) is 17.1 Å². The number of sulfonamides is 1. The highest BCUT2D eigenvalue weighted by Gasteiger charge is 2.20. The first-order valence-electron chi connectivity index (χ1n) is 6.71. The van der Waals surface area contributed by atoms with Crippen LogP contribution in [0.4, 0.5) is 5.82 Å². The summed E-state index contributed by atoms with van der Waals surface area (Å²) < 4.78 is 34.8. The Kier molecular flexibility index (Phi) is 5.12. The Hall–Kier alpha value is -1.54. The van der Waals surface area contributed by atoms with Crippen molar-refractivity contribution < 1.29 is 13.2 Å². The van der Waals surface area contributed by atoms with Gasteiger partial charge in [-0.3, -0.25) is 4.72 Å². The van der Waals surface area contributed by atoms with Crippen LogP contribution in [0.3, 0.4) is 0 Å². The minimum absolute atomic E-state index is 0.144. The first-order valence-corrected chi connectivity index (χ1v) is 8.99. The van der Waals surface area contributed by atoms with Gasteiger partial charge in [0.05, 0.1) is 13.3 Å². The number of anilines is 1. The molecular weight excluding hydrogens is 370 g/mol. The monoisotopic (exact) mass is 387 g/mol. The molecule has 8 heteroatoms. The summed E-state index contributed by atoms with van der Waals surface area (Å²) in [7, 11) is -2.18. The molecule has 6 nitrogen and oxygen atoms in total. The van der Waals surface area contributed by atoms with Crippen LogP contribution in [-0.4, -0.2) is 25.3 Å². The third-order valence-electron chi connectivity index (χ3n) is 2.92. The molecule has 0 amide bonds. The van der Waals surface area contributed by atoms with Crippen LogP contribution in [0.5, 0.6) is 5.75 Å². The maximum Gasteiger partial charge on any atom is 0.264 e. The molecule has 0 aliphatic carbocycles. The second-order valence-corrected chi connectivity index (χ2v) is 7.70. The van der Waals surface area contributed by atoms with E-state index in [1.165, 1.54) is 13.2 Å². The number of ether oxygens (including phenoxy) is 1. The van der Waals surface area contributed by atoms with E-state index < -0.39 is 10.0 Å². The minimum atomic E-state index is -3.71. The van der Waals surface area contributed by atoms with E-state index in [0.717, 1.165) is 0 Å². The lowest BCUT2D eigenvalue weighted by Crippen LogP contribution is -2.18. The first-order chi connectivity index (χ1) is 10.3. The average molecular weight is 388 g/mol. The normalized spacial score (nSPS) is 11.7. The Bertz CT molecular complexity index is 756. The molecule has 1 aromatic carbocycles. The predicted octanol–water partition coefficient (Wildman–Crippen LogP) is 3.11. The van der Waals surface area contributed by atoms with Gasteiger partial charge in [0.25, 0.3) is 10.0 Å². The standard InChI is InChI=1S/C14H18BrN3O3S/c1-10(2)9-18-14(6-7-16-18)17-22(19,20)13-5-4-11(21-3)8-12(13)15/h4-8,10,17H,9H2,1-3H3. The lowest BCUT2D eigenvalue weighted by Gasteiger charge is -2.13. The summed E-state index contributed by atoms with van der Waals surface area (Å²) in [5.74, 6) is 1.38. The van der Waals surface area contributed by atoms with E-state index >= 15 is 0 Å². The minimum Gasteiger partial charge on any atom is -0.497 e. The molecule has 0 radical (unpaired) electrons. The molecule has 0 atom stereocenters. The summed E-state index contributed by atoms with van der Waals surface area (Å²) in [6, 6.07) is 6.34. The molecule has 0 aliphatic rings. The second kappa shape index (κ2) is 6.70. The van der Waals surface area contributed by atoms with Crippen LogP contribution >= 0.6 is 15.9 Å². The van der Waals surface area contributed by atoms with Gasteiger partial charge in [-0.05, 0) is 40.0 Å². The smallest absolute Gasteiger partial charge is 0.264 e. The van der Waals surface area contributed by atoms with Crippen LogP contribution in [-0.2, 0) is 16.6 Å². The second-order valence-electron chi connectivity index (χ2n) is 5.19. The van der Waals surface area contributed by atoms with Gasteiger partial charge in [-0.1, -0.05) is 13.8 Å². The molecule has 0 aliphatic heterocycles. The fourth-order valence-electron chi connectivity index (χ4n) is 1.93. The van der Waals surface area contributed by atoms with Gasteiger partial charge < -0.3 is 4.74 Å². The average Bonchev–Trinajstić information content (AvgIpc) is 2.83. The van der Waals surface area contributed by atoms with Gasteiger partial charge in [-0.25, -0.2) is 13.1 Å². The molecule has 2 rings (SSSR count). The zero-order valence-corrected chi connectivity index (χ0v) is 15.0. The summed E-state index contributed by atoms with van der Waals surface area (Å²) in [6.45, 7) is 4.72. The van der Waals surface area contributed by atoms with Gasteiger partial charge in [0.15, 0.2) is 0 Å². The van der Waals surface area contributed by atoms with Crippen LogP contribution < -0.4 is 9.46 Å². The van der Waals surface area contributed by atoms with E-state index in [0.29, 0.717) is 28.5 Å². The number of rotatable bonds is 6. The first kappa shape index (κ1) is 16.8. The van der Waals surface area contributed by atoms with E-state index in [2.05, 4.69) is 25.8 Å². The molecule has 0 spiro atoms. The van der Waals surface area contributed by atoms with Crippen molar-refractivity contribution in [1.82, 2.24) is 9.78 Å². The molecule has 0 bridgehead atoms. The molecule has 1 aromatic heterocycles. The molecule has 0 fully saturated rings. The van der Waals surface area contributed by atoms with Crippen molar-refractivity contribution in [3.63, 3.8) is 0 Å². The topological polar surface area (TPSA) is 73.2 Å². The Labute approximate surface area is 138 Å². The number of benzene rings is 1. The molecule has 22 heavy (non-hydrogen) atoms. The van der Waals surface area contributed by atoms with Crippen LogP contribution in [0.25, 0.3) is 0 Å². The van der Waals surface area contributed by atoms with Crippen molar-refractivity contribution in [2.24, 2.45) is 5.92 Å². The maximum absolute atomic E-state index is 12.5. The molecule has 0 saturated carbocycles. The van der Waals surface area contributed by atoms with Crippen LogP contribution in [0.1, 0.15) is 13.8 Å². The molecule has 120 valence electrons. The number of nitrogens with one attached hydrogen (secondary N) is 1. The Morgan fingerprint density at radius 1 is 1.36 bits per heavy atom. The zero-order chi connectivity index (χ0) is 16.3. The Morgan fingerprint density at radius 3 is 2.68 bits per heavy atom. The lowest BCUT2D eigenvalue weighted by atomic mass is 10.2. The van der Waals surface area contributed by atoms with Gasteiger partial charge in [-0.2, -0.15) is 5.10 Å². The van der Waals surface area contributed by atoms with Crippen molar-refractivity contribution in [2.75, 3.05) is 11.8 Å². The largest absolute Gasteiger partial charge is 0.497 e. The number of hydrogen-bond acceptors (Lipinski definition) is 4. The SMILES string of the molecule is COc1ccc(S(=O)(=O)Nc2ccnn2CC(C)C)c(Br)c1. The highest BCUT2D eigenvalue weighted by Crippen LogP contribution is 2.28. The summed E-state index contributed by atoms with van der Waals surface area (Å²) in [6.07, 6.45) is 1.57. The molecular formula is C14H18BrN3O3S. The van der Waals surface area contributed by atoms with Crippen LogP contribution in [0.15, 0.2) is 39.8 Å². The fraction of sp³-hybridized carbons (Fsp3) is 0.357. The maximum atomic E-state index is 12.5. The number of hydrogen-bond donors (Lipinski definition) is 1. The van der Waals surface area contributed by atoms with Crippen LogP contribution in [0, 0.1) is 5.92 Å². The summed E-state index contributed by atoms with van der Waals surface area (Å²) in [4.78, 5) is 0.144. The number of aromatic nitrogens is 2. The highest BCUT2D eigenvalue weighted by atomic mass is 79.9. The van der Waals surface area contributed by atoms with Crippen molar-refractivity contribution in [2.45, 2.75) is 25.3 Å². The summed E-state index contributed by atoms with van der Waals surface area (Å²) in [5.41, 5.74) is 0. The summed E-state index contributed by atoms with van der Waals surface area (Å²) >= 11 is 3.27. The molecule has 2 aromatic rings. The fourth-order valence-corrected chi connectivity index (χ4v) is 4.05. The van der Waals surface area contributed by atoms with Gasteiger partial charge in [0.2, 0.25) is 0 Å². The van der Waals surface area contributed by atoms with E-state index in [1.807, 2.05) is 13.8 Å². The van der Waals surface area contributed by atoms with Gasteiger partial charge in [-0.15, -0.1) is 0 Å². The van der Waals surface area contributed by atoms with Crippen molar-refractivity contribution in [3.05, 3.63) is 34.9 Å². The highest BCUT2D eigenvalue weighted by molar-refractivity contribution is 9.10. The third kappa shape index (κ3) is 3.80. The van der Waals surface area contributed by atoms with Crippen molar-refractivity contribution in [1.29, 1.82) is 0 Å². The molecule has 1 N–H and O–H groups in total. The Morgan fingerprint density at radius 2 is 2.09 bits per heavy atom. The van der Waals surface area contributed by atoms with Gasteiger partial charge in [0.1, 0.15) is 16.5 Å². The van der Waals surface area contributed by atoms with Crippen molar-refractivity contribution >= 4 is 31.8 Å². The van der Waals surface area contributed by atoms with Crippen LogP contribution in [0.2, 0.25) is 0 Å². The zero-order valence-electron chi connectivity index (χ0n) is 12.6. The number of methoxy groups -OCH3 is 1. The van der Waals surface area contributed by atoms with E-state index in [4.69, 9.17) is 4.74 Å². The van der Waals surface area contributed by atoms with Crippen molar-refractivity contribution in [3.8, 4) is 5.75 Å². The summed E-state index contributed by atoms with van der Waals surface area (Å²) in [5, 5.41) is 4.14. The van der Waals surface area contributed by atoms with E-state index in [1.54, 1.807) is 29.1 Å². The van der Waals surface area contributed by atoms with Gasteiger partial charge >= 0.3 is 0 Å². The quantitative estimate of drug-likeness (QED) is 0.826. The Balaban J connectivity index is 2.30. The third-order valence-corrected chi connectivity index (χ3v) is 5.25. The van der Waals surface area contributed by atoms with E-state index in [-0.39, 0.29) is 4.90 Å². The molecule has 0 saturated heterocycles. The molecule has 1 heterocycles. The molecule has 0 unspecified atom stereocenters. The number of nitrogens with zero attached hydrogens (tertiary/aromatic N) is 2.